The Bertz CT molecular complexity index is 2800. The summed E-state index contributed by atoms with van der Waals surface area (Å²) in [6, 6.07) is 30.3. The molecule has 3 aromatic carbocycles. The van der Waals surface area contributed by atoms with Gasteiger partial charge in [0.2, 0.25) is 11.9 Å². The second-order valence-corrected chi connectivity index (χ2v) is 18.4. The number of aliphatic imine (C=N–C) groups is 2. The number of aromatic nitrogens is 5. The van der Waals surface area contributed by atoms with Crippen molar-refractivity contribution in [2.45, 2.75) is 24.4 Å². The van der Waals surface area contributed by atoms with Gasteiger partial charge < -0.3 is 25.2 Å². The van der Waals surface area contributed by atoms with Crippen LogP contribution in [-0.2, 0) is 4.74 Å². The van der Waals surface area contributed by atoms with Crippen molar-refractivity contribution in [3.05, 3.63) is 115 Å². The van der Waals surface area contributed by atoms with Crippen molar-refractivity contribution in [3.63, 3.8) is 0 Å². The molecule has 6 heterocycles. The smallest absolute Gasteiger partial charge is 0.316 e. The van der Waals surface area contributed by atoms with E-state index >= 15 is 0 Å². The quantitative estimate of drug-likeness (QED) is 0.0842. The Morgan fingerprint density at radius 3 is 2.09 bits per heavy atom. The summed E-state index contributed by atoms with van der Waals surface area (Å²) in [4.78, 5) is 39.9. The van der Waals surface area contributed by atoms with Crippen molar-refractivity contribution in [1.29, 1.82) is 10.5 Å². The van der Waals surface area contributed by atoms with Crippen LogP contribution in [0.3, 0.4) is 0 Å². The number of anilines is 2. The van der Waals surface area contributed by atoms with Gasteiger partial charge in [-0.2, -0.15) is 20.5 Å². The number of quaternary nitrogens is 1. The average Bonchev–Trinajstić information content (AvgIpc) is 4.07. The molecule has 0 aliphatic carbocycles. The van der Waals surface area contributed by atoms with Crippen LogP contribution in [0.25, 0.3) is 30.6 Å². The highest BCUT2D eigenvalue weighted by molar-refractivity contribution is 7.24. The van der Waals surface area contributed by atoms with Crippen molar-refractivity contribution in [2.24, 2.45) is 9.98 Å². The Hall–Kier alpha value is -6.71. The molecular formula is C46H48N15OS3+. The number of rotatable bonds is 13. The molecule has 2 N–H and O–H groups in total. The van der Waals surface area contributed by atoms with Crippen molar-refractivity contribution in [1.82, 2.24) is 44.5 Å². The van der Waals surface area contributed by atoms with Gasteiger partial charge in [0, 0.05) is 52.9 Å². The largest absolute Gasteiger partial charge is 0.383 e. The van der Waals surface area contributed by atoms with Gasteiger partial charge in [-0.3, -0.25) is 4.90 Å². The third-order valence-corrected chi connectivity index (χ3v) is 13.9. The molecule has 19 heteroatoms. The average molecular weight is 923 g/mol. The molecule has 0 fully saturated rings. The maximum atomic E-state index is 10.9. The summed E-state index contributed by atoms with van der Waals surface area (Å²) in [6.07, 6.45) is 9.70. The van der Waals surface area contributed by atoms with Crippen LogP contribution in [0.1, 0.15) is 18.0 Å². The van der Waals surface area contributed by atoms with E-state index in [2.05, 4.69) is 55.8 Å². The van der Waals surface area contributed by atoms with E-state index in [-0.39, 0.29) is 10.5 Å². The number of hydrogen-bond acceptors (Lipinski definition) is 17. The van der Waals surface area contributed by atoms with Gasteiger partial charge in [0.25, 0.3) is 0 Å². The molecule has 7 aromatic rings. The van der Waals surface area contributed by atoms with E-state index in [9.17, 15) is 5.26 Å². The molecule has 2 aliphatic heterocycles. The lowest BCUT2D eigenvalue weighted by Crippen LogP contribution is -2.64. The number of nitrogens with one attached hydrogen (secondary N) is 2. The first kappa shape index (κ1) is 44.9. The van der Waals surface area contributed by atoms with Crippen LogP contribution in [0.5, 0.6) is 0 Å². The minimum absolute atomic E-state index is 0.0251. The molecule has 2 aliphatic rings. The van der Waals surface area contributed by atoms with E-state index in [1.54, 1.807) is 59.6 Å². The predicted molar refractivity (Wildman–Crippen MR) is 265 cm³/mol. The van der Waals surface area contributed by atoms with E-state index in [4.69, 9.17) is 34.9 Å². The number of benzene rings is 3. The lowest BCUT2D eigenvalue weighted by molar-refractivity contribution is 0.210. The van der Waals surface area contributed by atoms with Gasteiger partial charge in [-0.25, -0.2) is 24.9 Å². The third kappa shape index (κ3) is 9.43. The molecule has 3 unspecified atom stereocenters. The van der Waals surface area contributed by atoms with Crippen LogP contribution < -0.4 is 20.0 Å². The van der Waals surface area contributed by atoms with Gasteiger partial charge >= 0.3 is 16.2 Å². The molecule has 9 rings (SSSR count). The highest BCUT2D eigenvalue weighted by Gasteiger charge is 2.56. The molecule has 330 valence electrons. The number of nitriles is 2. The highest BCUT2D eigenvalue weighted by Crippen LogP contribution is 2.49. The summed E-state index contributed by atoms with van der Waals surface area (Å²) in [5.74, 6) is 1.20. The summed E-state index contributed by atoms with van der Waals surface area (Å²) in [7, 11) is 9.59. The second-order valence-electron chi connectivity index (χ2n) is 15.4. The number of nitrogens with zero attached hydrogens (tertiary/aromatic N) is 13. The standard InChI is InChI=1S/C31H33N10OS2.C15H15N5S/c1-40(2)18-16-36-29-35-15-13-25(21(20-32)22-12-14-33-28(37-22)34-17-19-42-3)41(29,30-38-23-8-4-6-10-26(23)43-30)31-39-24-9-5-7-11-27(24)44-31;1-19(2)14-17-10-8-11(7-9-16)20(14)15-18-12-5-3-4-6-13(12)21-15/h4-15,21,25H,16-19H2,1-3H3,(H,35,36)(H,33,34,37);3-6,8,10-11H,7H2,1-2H3/q+1;. The fraction of sp³-hybridized carbons (Fsp3) is 0.283. The first-order valence-corrected chi connectivity index (χ1v) is 23.3. The summed E-state index contributed by atoms with van der Waals surface area (Å²) in [5.41, 5.74) is 3.33. The zero-order chi connectivity index (χ0) is 45.3. The number of hydrogen-bond donors (Lipinski definition) is 2. The van der Waals surface area contributed by atoms with Crippen molar-refractivity contribution >= 4 is 97.9 Å². The van der Waals surface area contributed by atoms with Crippen LogP contribution >= 0.6 is 34.0 Å². The van der Waals surface area contributed by atoms with Crippen LogP contribution in [0, 0.1) is 22.7 Å². The van der Waals surface area contributed by atoms with Gasteiger partial charge in [0.05, 0.1) is 74.1 Å². The third-order valence-electron chi connectivity index (χ3n) is 10.6. The number of para-hydroxylation sites is 3. The molecule has 0 amide bonds. The minimum Gasteiger partial charge on any atom is -0.383 e. The van der Waals surface area contributed by atoms with E-state index < -0.39 is 12.0 Å². The van der Waals surface area contributed by atoms with E-state index in [1.165, 1.54) is 0 Å². The first-order valence-electron chi connectivity index (χ1n) is 20.9. The Labute approximate surface area is 389 Å². The number of methoxy groups -OCH3 is 1. The van der Waals surface area contributed by atoms with Crippen molar-refractivity contribution in [3.8, 4) is 12.1 Å². The first-order chi connectivity index (χ1) is 31.7. The van der Waals surface area contributed by atoms with Crippen molar-refractivity contribution in [2.75, 3.05) is 71.8 Å². The molecule has 16 nitrogen and oxygen atoms in total. The molecule has 0 radical (unpaired) electrons. The number of likely N-dealkylation sites (N-methyl/N-ethyl adjacent to an activating group) is 1. The predicted octanol–water partition coefficient (Wildman–Crippen LogP) is 7.93. The normalized spacial score (nSPS) is 17.6. The second kappa shape index (κ2) is 20.4. The summed E-state index contributed by atoms with van der Waals surface area (Å²) < 4.78 is 8.42. The maximum Gasteiger partial charge on any atom is 0.316 e. The highest BCUT2D eigenvalue weighted by atomic mass is 32.1. The number of guanidine groups is 2. The molecule has 0 saturated carbocycles. The van der Waals surface area contributed by atoms with Gasteiger partial charge in [-0.05, 0) is 68.7 Å². The summed E-state index contributed by atoms with van der Waals surface area (Å²) in [6.45, 7) is 2.35. The Morgan fingerprint density at radius 1 is 0.862 bits per heavy atom. The van der Waals surface area contributed by atoms with Gasteiger partial charge in [0.1, 0.15) is 5.92 Å². The zero-order valence-corrected chi connectivity index (χ0v) is 39.1. The van der Waals surface area contributed by atoms with E-state index in [0.717, 1.165) is 58.5 Å². The SMILES string of the molecule is CN(C)C1=NC=CC(CC#N)N1c1nc2ccccc2s1.COCCNc1nccc(C(C#N)C2C=CNC(=NCCN(C)C)[N+]2(c2nc3ccccc3s2)c2nc3ccccc3s2)n1. The monoisotopic (exact) mass is 922 g/mol. The van der Waals surface area contributed by atoms with Crippen molar-refractivity contribution < 1.29 is 4.74 Å². The Morgan fingerprint density at radius 2 is 1.51 bits per heavy atom. The van der Waals surface area contributed by atoms with E-state index in [1.807, 2.05) is 111 Å². The number of ether oxygens (including phenoxy) is 1. The molecule has 0 bridgehead atoms. The summed E-state index contributed by atoms with van der Waals surface area (Å²) in [5, 5.41) is 29.0. The van der Waals surface area contributed by atoms with Crippen LogP contribution in [0.4, 0.5) is 21.3 Å². The lowest BCUT2D eigenvalue weighted by Gasteiger charge is -2.41. The zero-order valence-electron chi connectivity index (χ0n) is 36.6. The molecule has 65 heavy (non-hydrogen) atoms. The molecule has 3 atom stereocenters. The Kier molecular flexibility index (Phi) is 14.1. The van der Waals surface area contributed by atoms with E-state index in [0.29, 0.717) is 43.7 Å². The molecule has 4 aromatic heterocycles. The maximum absolute atomic E-state index is 10.9. The van der Waals surface area contributed by atoms with Gasteiger partial charge in [0.15, 0.2) is 11.2 Å². The molecule has 0 saturated heterocycles. The lowest BCUT2D eigenvalue weighted by atomic mass is 9.93. The van der Waals surface area contributed by atoms with Crippen LogP contribution in [0.2, 0.25) is 0 Å². The fourth-order valence-electron chi connectivity index (χ4n) is 7.47. The minimum atomic E-state index is -0.697. The molecule has 0 spiro atoms. The Balaban J connectivity index is 0.000000228. The molecular weight excluding hydrogens is 875 g/mol. The number of thiazole rings is 3. The van der Waals surface area contributed by atoms with Crippen LogP contribution in [0.15, 0.2) is 120 Å². The topological polar surface area (TPSA) is 180 Å². The van der Waals surface area contributed by atoms with Gasteiger partial charge in [-0.1, -0.05) is 70.4 Å². The van der Waals surface area contributed by atoms with Gasteiger partial charge in [-0.15, -0.1) is 4.48 Å². The fourth-order valence-corrected chi connectivity index (χ4v) is 10.8. The van der Waals surface area contributed by atoms with Crippen LogP contribution in [-0.4, -0.2) is 120 Å². The summed E-state index contributed by atoms with van der Waals surface area (Å²) >= 11 is 4.80. The number of fused-ring (bicyclic) bond motifs is 3.